The Morgan fingerprint density at radius 3 is 2.55 bits per heavy atom. The maximum atomic E-state index is 12.6. The lowest BCUT2D eigenvalue weighted by molar-refractivity contribution is -0.125. The predicted molar refractivity (Wildman–Crippen MR) is 120 cm³/mol. The summed E-state index contributed by atoms with van der Waals surface area (Å²) in [7, 11) is 1.60. The Morgan fingerprint density at radius 1 is 1.16 bits per heavy atom. The fourth-order valence-electron chi connectivity index (χ4n) is 3.08. The Labute approximate surface area is 193 Å². The molecule has 7 nitrogen and oxygen atoms in total. The normalized spacial score (nSPS) is 15.4. The summed E-state index contributed by atoms with van der Waals surface area (Å²) in [4.78, 5) is 18.0. The lowest BCUT2D eigenvalue weighted by Crippen LogP contribution is -2.28. The highest BCUT2D eigenvalue weighted by Gasteiger charge is 2.30. The van der Waals surface area contributed by atoms with Crippen molar-refractivity contribution in [1.82, 2.24) is 9.78 Å². The van der Waals surface area contributed by atoms with Crippen molar-refractivity contribution in [2.24, 2.45) is 5.16 Å². The molecule has 2 aromatic carbocycles. The highest BCUT2D eigenvalue weighted by Crippen LogP contribution is 2.27. The highest BCUT2D eigenvalue weighted by molar-refractivity contribution is 6.36. The van der Waals surface area contributed by atoms with Crippen molar-refractivity contribution in [2.45, 2.75) is 19.1 Å². The molecule has 2 heterocycles. The molecule has 10 heteroatoms. The molecule has 0 fully saturated rings. The number of anilines is 1. The molecule has 0 bridgehead atoms. The van der Waals surface area contributed by atoms with Crippen LogP contribution >= 0.6 is 34.8 Å². The van der Waals surface area contributed by atoms with Gasteiger partial charge in [-0.25, -0.2) is 0 Å². The third kappa shape index (κ3) is 4.79. The van der Waals surface area contributed by atoms with Crippen molar-refractivity contribution in [3.05, 3.63) is 74.9 Å². The van der Waals surface area contributed by atoms with Crippen LogP contribution in [0.1, 0.15) is 17.5 Å². The number of nitrogens with one attached hydrogen (secondary N) is 1. The quantitative estimate of drug-likeness (QED) is 0.538. The van der Waals surface area contributed by atoms with Crippen molar-refractivity contribution in [3.8, 4) is 5.75 Å². The van der Waals surface area contributed by atoms with Crippen LogP contribution in [0.25, 0.3) is 0 Å². The zero-order chi connectivity index (χ0) is 22.0. The molecule has 3 aromatic rings. The number of nitrogens with zero attached hydrogens (tertiary/aromatic N) is 3. The minimum Gasteiger partial charge on any atom is -0.497 e. The number of carbonyl (C=O) groups excluding carboxylic acids is 1. The molecule has 1 aliphatic rings. The van der Waals surface area contributed by atoms with Crippen LogP contribution in [-0.2, 0) is 16.2 Å². The Hall–Kier alpha value is -2.74. The number of oxime groups is 1. The van der Waals surface area contributed by atoms with Gasteiger partial charge in [0.1, 0.15) is 10.8 Å². The lowest BCUT2D eigenvalue weighted by Gasteiger charge is -2.08. The summed E-state index contributed by atoms with van der Waals surface area (Å²) in [6.45, 7) is 0.304. The predicted octanol–water partition coefficient (Wildman–Crippen LogP) is 5.03. The SMILES string of the molecule is COc1ccc(C2=NOC(C(=O)Nc3nn(Cc4c(Cl)cccc4Cl)cc3Cl)C2)cc1. The topological polar surface area (TPSA) is 77.7 Å². The van der Waals surface area contributed by atoms with Crippen LogP contribution in [0.2, 0.25) is 15.1 Å². The van der Waals surface area contributed by atoms with E-state index in [4.69, 9.17) is 44.4 Å². The van der Waals surface area contributed by atoms with Crippen LogP contribution in [0.5, 0.6) is 5.75 Å². The van der Waals surface area contributed by atoms with Crippen LogP contribution < -0.4 is 10.1 Å². The Bertz CT molecular complexity index is 1130. The van der Waals surface area contributed by atoms with Crippen LogP contribution in [0.3, 0.4) is 0 Å². The van der Waals surface area contributed by atoms with Crippen molar-refractivity contribution >= 4 is 52.2 Å². The Kier molecular flexibility index (Phi) is 6.36. The van der Waals surface area contributed by atoms with E-state index in [-0.39, 0.29) is 10.8 Å². The number of rotatable bonds is 6. The second kappa shape index (κ2) is 9.18. The second-order valence-corrected chi connectivity index (χ2v) is 8.00. The van der Waals surface area contributed by atoms with E-state index in [1.165, 1.54) is 0 Å². The van der Waals surface area contributed by atoms with Crippen molar-refractivity contribution in [1.29, 1.82) is 0 Å². The Balaban J connectivity index is 1.40. The second-order valence-electron chi connectivity index (χ2n) is 6.78. The minimum atomic E-state index is -0.781. The van der Waals surface area contributed by atoms with E-state index in [0.717, 1.165) is 11.3 Å². The highest BCUT2D eigenvalue weighted by atomic mass is 35.5. The first-order valence-corrected chi connectivity index (χ1v) is 10.4. The first kappa shape index (κ1) is 21.5. The molecule has 4 rings (SSSR count). The standard InChI is InChI=1S/C21H17Cl3N4O3/c1-30-13-7-5-12(6-8-13)18-9-19(31-27-18)21(29)25-20-17(24)11-28(26-20)10-14-15(22)3-2-4-16(14)23/h2-8,11,19H,9-10H2,1H3,(H,25,26,29). The van der Waals surface area contributed by atoms with Crippen LogP contribution in [0.15, 0.2) is 53.8 Å². The summed E-state index contributed by atoms with van der Waals surface area (Å²) in [5.41, 5.74) is 2.24. The van der Waals surface area contributed by atoms with Gasteiger partial charge in [-0.15, -0.1) is 0 Å². The van der Waals surface area contributed by atoms with Gasteiger partial charge in [0.25, 0.3) is 5.91 Å². The first-order chi connectivity index (χ1) is 14.9. The zero-order valence-electron chi connectivity index (χ0n) is 16.3. The molecule has 0 aliphatic carbocycles. The third-order valence-electron chi connectivity index (χ3n) is 4.72. The molecule has 160 valence electrons. The summed E-state index contributed by atoms with van der Waals surface area (Å²) >= 11 is 18.7. The third-order valence-corrected chi connectivity index (χ3v) is 5.71. The largest absolute Gasteiger partial charge is 0.497 e. The molecule has 0 radical (unpaired) electrons. The summed E-state index contributed by atoms with van der Waals surface area (Å²) in [5, 5.41) is 12.4. The summed E-state index contributed by atoms with van der Waals surface area (Å²) in [6, 6.07) is 12.6. The van der Waals surface area contributed by atoms with Crippen LogP contribution in [0.4, 0.5) is 5.82 Å². The molecule has 1 amide bonds. The van der Waals surface area contributed by atoms with E-state index < -0.39 is 12.0 Å². The van der Waals surface area contributed by atoms with Crippen molar-refractivity contribution in [2.75, 3.05) is 12.4 Å². The van der Waals surface area contributed by atoms with Gasteiger partial charge in [0.05, 0.1) is 19.4 Å². The van der Waals surface area contributed by atoms with Gasteiger partial charge in [0.2, 0.25) is 6.10 Å². The average molecular weight is 480 g/mol. The maximum Gasteiger partial charge on any atom is 0.269 e. The van der Waals surface area contributed by atoms with Gasteiger partial charge >= 0.3 is 0 Å². The number of hydrogen-bond acceptors (Lipinski definition) is 5. The monoisotopic (exact) mass is 478 g/mol. The summed E-state index contributed by atoms with van der Waals surface area (Å²) < 4.78 is 6.71. The molecular weight excluding hydrogens is 463 g/mol. The summed E-state index contributed by atoms with van der Waals surface area (Å²) in [5.74, 6) is 0.562. The lowest BCUT2D eigenvalue weighted by atomic mass is 10.0. The number of benzene rings is 2. The molecular formula is C21H17Cl3N4O3. The minimum absolute atomic E-state index is 0.219. The van der Waals surface area contributed by atoms with Gasteiger partial charge in [-0.05, 0) is 42.0 Å². The number of halogens is 3. The number of carbonyl (C=O) groups is 1. The van der Waals surface area contributed by atoms with Crippen LogP contribution in [-0.4, -0.2) is 34.6 Å². The van der Waals surface area contributed by atoms with Gasteiger partial charge in [0, 0.05) is 28.2 Å². The zero-order valence-corrected chi connectivity index (χ0v) is 18.6. The fourth-order valence-corrected chi connectivity index (χ4v) is 3.79. The van der Waals surface area contributed by atoms with Gasteiger partial charge in [-0.1, -0.05) is 46.0 Å². The average Bonchev–Trinajstić information content (AvgIpc) is 3.38. The van der Waals surface area contributed by atoms with E-state index in [0.29, 0.717) is 34.3 Å². The van der Waals surface area contributed by atoms with Gasteiger partial charge < -0.3 is 14.9 Å². The van der Waals surface area contributed by atoms with E-state index in [9.17, 15) is 4.79 Å². The first-order valence-electron chi connectivity index (χ1n) is 9.28. The summed E-state index contributed by atoms with van der Waals surface area (Å²) in [6.07, 6.45) is 1.13. The molecule has 31 heavy (non-hydrogen) atoms. The molecule has 0 saturated heterocycles. The Morgan fingerprint density at radius 2 is 1.87 bits per heavy atom. The number of methoxy groups -OCH3 is 1. The maximum absolute atomic E-state index is 12.6. The smallest absolute Gasteiger partial charge is 0.269 e. The molecule has 1 unspecified atom stereocenters. The van der Waals surface area contributed by atoms with Gasteiger partial charge in [-0.3, -0.25) is 9.48 Å². The van der Waals surface area contributed by atoms with Crippen molar-refractivity contribution in [3.63, 3.8) is 0 Å². The fraction of sp³-hybridized carbons (Fsp3) is 0.190. The number of ether oxygens (including phenoxy) is 1. The molecule has 1 aromatic heterocycles. The molecule has 0 saturated carbocycles. The molecule has 1 N–H and O–H groups in total. The number of amides is 1. The van der Waals surface area contributed by atoms with Gasteiger partial charge in [-0.2, -0.15) is 5.10 Å². The molecule has 1 aliphatic heterocycles. The molecule has 1 atom stereocenters. The number of hydrogen-bond donors (Lipinski definition) is 1. The van der Waals surface area contributed by atoms with E-state index in [1.54, 1.807) is 36.2 Å². The van der Waals surface area contributed by atoms with Crippen LogP contribution in [0, 0.1) is 0 Å². The van der Waals surface area contributed by atoms with E-state index in [2.05, 4.69) is 15.6 Å². The van der Waals surface area contributed by atoms with E-state index >= 15 is 0 Å². The van der Waals surface area contributed by atoms with Crippen molar-refractivity contribution < 1.29 is 14.4 Å². The van der Waals surface area contributed by atoms with E-state index in [1.807, 2.05) is 24.3 Å². The van der Waals surface area contributed by atoms with Gasteiger partial charge in [0.15, 0.2) is 5.82 Å². The number of aromatic nitrogens is 2. The molecule has 0 spiro atoms.